The number of hydrogen-bond acceptors (Lipinski definition) is 12. The molecule has 19 heteroatoms. The van der Waals surface area contributed by atoms with Gasteiger partial charge in [-0.1, -0.05) is 100 Å². The van der Waals surface area contributed by atoms with E-state index in [2.05, 4.69) is 28.5 Å². The smallest absolute Gasteiger partial charge is 0.327 e. The molecule has 2 aromatic carbocycles. The number of benzene rings is 2. The van der Waals surface area contributed by atoms with E-state index in [0.717, 1.165) is 77.5 Å². The number of rotatable bonds is 7. The number of piperidine rings is 4. The average molecular weight is 1330 g/mol. The summed E-state index contributed by atoms with van der Waals surface area (Å²) in [4.78, 5) is 65.6. The number of carbonyl (C=O) groups is 2. The van der Waals surface area contributed by atoms with Crippen LogP contribution in [0.15, 0.2) is 58.1 Å². The van der Waals surface area contributed by atoms with E-state index in [1.807, 2.05) is 57.7 Å². The van der Waals surface area contributed by atoms with Crippen LogP contribution >= 0.6 is 11.6 Å². The number of nitrogens with zero attached hydrogens (tertiary/aromatic N) is 7. The average Bonchev–Trinajstić information content (AvgIpc) is 3.75. The minimum absolute atomic E-state index is 0. The number of nitrogens with one attached hydrogen (secondary N) is 1. The van der Waals surface area contributed by atoms with Gasteiger partial charge in [-0.2, -0.15) is 0 Å². The zero-order chi connectivity index (χ0) is 55.2. The number of hydrogen-bond donors (Lipinski definition) is 5. The van der Waals surface area contributed by atoms with Gasteiger partial charge >= 0.3 is 11.9 Å². The first-order chi connectivity index (χ1) is 38.2. The standard InChI is InChI=1S/C30H41N5O3.C26H34ClN3O.C4H8N2O2.BH.U/c31-30(29(37)38)17-33(18-30)27-28(36)35(26-11-4-3-10-25(26)32-27)24-15-21-8-5-9-22(16-24)34(21)23-13-19-6-1-2-7-20(12-19)14-23;27-25-26(31)30(24-11-4-3-10-23(24)28-25)22-15-19-8-5-9-20(16-22)29(19)21-13-17-6-1-2-7-18(12-17)14-21;5-4(3(7)8)1-6-2-4;;/h3-4,10-11,19-24H,1-2,5-9,12-18,31H2,(H,37,38);3-4,10-11,17-22H,1-2,5-9,12-16H2;6H,1-2,5H2,(H,7,8);1H;/t19?,20?,21-,22+,23?,24?;17?,18?,19-,20+,21?,22?;;;/i;;;1D;. The van der Waals surface area contributed by atoms with Crippen molar-refractivity contribution in [2.45, 2.75) is 214 Å². The normalized spacial score (nSPS) is 33.6. The van der Waals surface area contributed by atoms with Gasteiger partial charge in [0.2, 0.25) is 0 Å². The third-order valence-corrected chi connectivity index (χ3v) is 21.0. The minimum Gasteiger partial charge on any atom is -0.480 e. The zero-order valence-corrected chi connectivity index (χ0v) is 51.0. The summed E-state index contributed by atoms with van der Waals surface area (Å²) in [5, 5.41) is 20.7. The largest absolute Gasteiger partial charge is 0.480 e. The first kappa shape index (κ1) is 57.5. The molecule has 6 unspecified atom stereocenters. The summed E-state index contributed by atoms with van der Waals surface area (Å²) in [5.41, 5.74) is 12.3. The van der Waals surface area contributed by atoms with Gasteiger partial charge in [0.15, 0.2) is 11.0 Å². The fraction of sp³-hybridized carbons (Fsp3) is 0.700. The van der Waals surface area contributed by atoms with Gasteiger partial charge in [-0.3, -0.25) is 29.0 Å². The molecule has 424 valence electrons. The number of carboxylic acid groups (broad SMARTS) is 2. The Bertz CT molecular complexity index is 2910. The van der Waals surface area contributed by atoms with Crippen molar-refractivity contribution in [3.05, 3.63) is 74.4 Å². The Morgan fingerprint density at radius 3 is 1.32 bits per heavy atom. The summed E-state index contributed by atoms with van der Waals surface area (Å²) in [7, 11) is 3.75. The van der Waals surface area contributed by atoms with Crippen LogP contribution in [0, 0.1) is 54.8 Å². The van der Waals surface area contributed by atoms with Gasteiger partial charge in [-0.25, -0.2) is 9.97 Å². The summed E-state index contributed by atoms with van der Waals surface area (Å²) in [6.07, 6.45) is 31.8. The number of fused-ring (bicyclic) bond motifs is 10. The number of carboxylic acids is 2. The van der Waals surface area contributed by atoms with Crippen molar-refractivity contribution in [3.8, 4) is 0 Å². The maximum atomic E-state index is 14.0. The van der Waals surface area contributed by atoms with E-state index in [9.17, 15) is 24.3 Å². The fourth-order valence-corrected chi connectivity index (χ4v) is 17.5. The van der Waals surface area contributed by atoms with Crippen molar-refractivity contribution in [3.63, 3.8) is 0 Å². The van der Waals surface area contributed by atoms with Crippen LogP contribution in [0.1, 0.15) is 166 Å². The molecule has 4 aromatic rings. The van der Waals surface area contributed by atoms with Gasteiger partial charge in [-0.05, 0) is 139 Å². The van der Waals surface area contributed by atoms with Gasteiger partial charge in [0.1, 0.15) is 11.1 Å². The molecule has 4 aliphatic carbocycles. The molecule has 2 aromatic heterocycles. The number of aromatic nitrogens is 4. The van der Waals surface area contributed by atoms with Crippen LogP contribution in [0.5, 0.6) is 0 Å². The Kier molecular flexibility index (Phi) is 17.8. The molecule has 6 aliphatic heterocycles. The summed E-state index contributed by atoms with van der Waals surface area (Å²) < 4.78 is 9.26. The zero-order valence-electron chi connectivity index (χ0n) is 47.1. The van der Waals surface area contributed by atoms with E-state index >= 15 is 0 Å². The number of halogens is 1. The number of anilines is 1. The van der Waals surface area contributed by atoms with E-state index in [4.69, 9.17) is 34.5 Å². The first-order valence-electron chi connectivity index (χ1n) is 30.5. The van der Waals surface area contributed by atoms with Gasteiger partial charge in [0.05, 0.1) is 35.2 Å². The molecular formula is C60H84BClN10O6U. The van der Waals surface area contributed by atoms with E-state index in [1.54, 1.807) is 4.90 Å². The van der Waals surface area contributed by atoms with Crippen LogP contribution in [0.2, 0.25) is 5.15 Å². The topological polar surface area (TPSA) is 218 Å². The summed E-state index contributed by atoms with van der Waals surface area (Å²) >= 11 is 6.30. The summed E-state index contributed by atoms with van der Waals surface area (Å²) in [6.45, 7) is 0.998. The fourth-order valence-electron chi connectivity index (χ4n) is 17.3. The second kappa shape index (κ2) is 24.5. The Labute approximate surface area is 497 Å². The maximum absolute atomic E-state index is 14.0. The molecule has 0 spiro atoms. The number of nitrogens with two attached hydrogens (primary N) is 2. The van der Waals surface area contributed by atoms with Crippen LogP contribution < -0.4 is 32.8 Å². The van der Waals surface area contributed by atoms with Crippen LogP contribution in [0.25, 0.3) is 22.1 Å². The van der Waals surface area contributed by atoms with Crippen molar-refractivity contribution in [2.75, 3.05) is 31.1 Å². The predicted molar refractivity (Wildman–Crippen MR) is 308 cm³/mol. The van der Waals surface area contributed by atoms with Crippen molar-refractivity contribution < 1.29 is 50.9 Å². The molecule has 0 amide bonds. The summed E-state index contributed by atoms with van der Waals surface area (Å²) in [5.74, 6) is 2.12. The summed E-state index contributed by atoms with van der Waals surface area (Å²) in [6, 6.07) is 20.0. The van der Waals surface area contributed by atoms with E-state index in [0.29, 0.717) is 49.1 Å². The van der Waals surface area contributed by atoms with Crippen LogP contribution in [-0.4, -0.2) is 134 Å². The molecule has 10 atom stereocenters. The molecule has 10 fully saturated rings. The van der Waals surface area contributed by atoms with Crippen molar-refractivity contribution in [1.82, 2.24) is 34.2 Å². The van der Waals surface area contributed by atoms with Crippen LogP contribution in [-0.2, 0) is 9.59 Å². The van der Waals surface area contributed by atoms with Gasteiger partial charge in [-0.15, -0.1) is 0 Å². The molecule has 4 saturated carbocycles. The Hall–Kier alpha value is -3.33. The van der Waals surface area contributed by atoms with Gasteiger partial charge in [0.25, 0.3) is 11.1 Å². The molecule has 79 heavy (non-hydrogen) atoms. The van der Waals surface area contributed by atoms with Crippen molar-refractivity contribution >= 4 is 59.8 Å². The Morgan fingerprint density at radius 2 is 0.937 bits per heavy atom. The monoisotopic (exact) mass is 1330 g/mol. The SMILES string of the molecule is NC1(C(=O)O)CN(c2nc3ccccc3n(C3C[C@H]4CCC[C@@H](C3)N4C3CC4CCCCC(C4)C3)c2=O)C1.NC1(C(=O)O)CNC1.O=c1c(Cl)nc2ccccc2n1C1C[C@H]2CCC[C@@H](C1)N2C1CC2CCCCC(C2)C1.[2H][B].[U]. The second-order valence-corrected chi connectivity index (χ2v) is 26.3. The van der Waals surface area contributed by atoms with Crippen molar-refractivity contribution in [1.29, 1.82) is 1.34 Å². The Morgan fingerprint density at radius 1 is 0.544 bits per heavy atom. The van der Waals surface area contributed by atoms with Gasteiger partial charge < -0.3 is 41.0 Å². The third-order valence-electron chi connectivity index (χ3n) is 20.8. The molecule has 6 saturated heterocycles. The predicted octanol–water partition coefficient (Wildman–Crippen LogP) is 7.61. The molecular weight excluding hydrogens is 1240 g/mol. The molecule has 8 heterocycles. The second-order valence-electron chi connectivity index (χ2n) is 25.9. The number of para-hydroxylation sites is 4. The third kappa shape index (κ3) is 11.8. The first-order valence-corrected chi connectivity index (χ1v) is 30.3. The molecule has 7 N–H and O–H groups in total. The van der Waals surface area contributed by atoms with E-state index in [-0.39, 0.29) is 72.6 Å². The molecule has 10 aliphatic rings. The quantitative estimate of drug-likeness (QED) is 0.113. The molecule has 2 radical (unpaired) electrons. The van der Waals surface area contributed by atoms with Crippen LogP contribution in [0.3, 0.4) is 0 Å². The van der Waals surface area contributed by atoms with E-state index < -0.39 is 23.0 Å². The maximum Gasteiger partial charge on any atom is 0.327 e. The molecule has 16 nitrogen and oxygen atoms in total. The Balaban J connectivity index is 0.000000154. The number of aliphatic carboxylic acids is 2. The van der Waals surface area contributed by atoms with Crippen molar-refractivity contribution in [2.24, 2.45) is 35.1 Å². The van der Waals surface area contributed by atoms with Crippen LogP contribution in [0.4, 0.5) is 5.82 Å². The van der Waals surface area contributed by atoms with Gasteiger partial charge in [0, 0.05) is 101 Å². The van der Waals surface area contributed by atoms with E-state index in [1.165, 1.54) is 128 Å². The minimum atomic E-state index is -1.32. The molecule has 8 bridgehead atoms. The molecule has 14 rings (SSSR count).